The summed E-state index contributed by atoms with van der Waals surface area (Å²) in [6.07, 6.45) is 1.57. The Balaban J connectivity index is 2.08. The van der Waals surface area contributed by atoms with Gasteiger partial charge in [-0.3, -0.25) is 0 Å². The normalized spacial score (nSPS) is 16.7. The van der Waals surface area contributed by atoms with E-state index in [1.54, 1.807) is 12.3 Å². The van der Waals surface area contributed by atoms with Gasteiger partial charge in [0.05, 0.1) is 11.7 Å². The molecule has 0 aromatic carbocycles. The number of esters is 1. The molecular formula is C14H21N3O2. The molecule has 19 heavy (non-hydrogen) atoms. The molecule has 5 nitrogen and oxygen atoms in total. The predicted octanol–water partition coefficient (Wildman–Crippen LogP) is 1.40. The van der Waals surface area contributed by atoms with Crippen LogP contribution in [0.4, 0.5) is 5.82 Å². The highest BCUT2D eigenvalue weighted by Gasteiger charge is 2.17. The fourth-order valence-corrected chi connectivity index (χ4v) is 2.04. The van der Waals surface area contributed by atoms with Crippen molar-refractivity contribution in [3.05, 3.63) is 23.9 Å². The zero-order valence-electron chi connectivity index (χ0n) is 11.8. The van der Waals surface area contributed by atoms with Gasteiger partial charge in [0.1, 0.15) is 5.82 Å². The number of ether oxygens (including phenoxy) is 1. The zero-order valence-corrected chi connectivity index (χ0v) is 11.8. The van der Waals surface area contributed by atoms with E-state index in [4.69, 9.17) is 4.74 Å². The van der Waals surface area contributed by atoms with Gasteiger partial charge < -0.3 is 14.5 Å². The number of rotatable bonds is 3. The molecule has 5 heteroatoms. The number of piperazine rings is 1. The summed E-state index contributed by atoms with van der Waals surface area (Å²) in [4.78, 5) is 20.7. The lowest BCUT2D eigenvalue weighted by atomic mass is 10.2. The summed E-state index contributed by atoms with van der Waals surface area (Å²) >= 11 is 0. The maximum atomic E-state index is 11.9. The lowest BCUT2D eigenvalue weighted by molar-refractivity contribution is 0.0378. The van der Waals surface area contributed by atoms with Crippen LogP contribution in [0.2, 0.25) is 0 Å². The summed E-state index contributed by atoms with van der Waals surface area (Å²) in [5, 5.41) is 0. The van der Waals surface area contributed by atoms with Crippen LogP contribution in [0.25, 0.3) is 0 Å². The molecule has 1 saturated heterocycles. The average molecular weight is 263 g/mol. The van der Waals surface area contributed by atoms with Crippen molar-refractivity contribution in [2.75, 3.05) is 38.1 Å². The van der Waals surface area contributed by atoms with Crippen LogP contribution >= 0.6 is 0 Å². The fourth-order valence-electron chi connectivity index (χ4n) is 2.04. The SMILES string of the molecule is CC(C)OC(=O)c1ccnc(N2CCN(C)CC2)c1. The smallest absolute Gasteiger partial charge is 0.338 e. The molecule has 1 fully saturated rings. The van der Waals surface area contributed by atoms with Gasteiger partial charge in [-0.2, -0.15) is 0 Å². The Morgan fingerprint density at radius 3 is 2.63 bits per heavy atom. The molecule has 0 unspecified atom stereocenters. The predicted molar refractivity (Wildman–Crippen MR) is 74.5 cm³/mol. The standard InChI is InChI=1S/C14H21N3O2/c1-11(2)19-14(18)12-4-5-15-13(10-12)17-8-6-16(3)7-9-17/h4-5,10-11H,6-9H2,1-3H3. The third-order valence-electron chi connectivity index (χ3n) is 3.15. The second-order valence-electron chi connectivity index (χ2n) is 5.15. The van der Waals surface area contributed by atoms with Crippen LogP contribution in [0.5, 0.6) is 0 Å². The molecule has 0 aliphatic carbocycles. The molecule has 1 aliphatic rings. The molecule has 0 spiro atoms. The van der Waals surface area contributed by atoms with Crippen molar-refractivity contribution in [1.29, 1.82) is 0 Å². The number of aromatic nitrogens is 1. The Kier molecular flexibility index (Phi) is 4.37. The van der Waals surface area contributed by atoms with Gasteiger partial charge in [-0.25, -0.2) is 9.78 Å². The summed E-state index contributed by atoms with van der Waals surface area (Å²) in [5.74, 6) is 0.569. The minimum atomic E-state index is -0.284. The number of hydrogen-bond acceptors (Lipinski definition) is 5. The van der Waals surface area contributed by atoms with Gasteiger partial charge in [0.25, 0.3) is 0 Å². The Morgan fingerprint density at radius 2 is 2.00 bits per heavy atom. The first-order valence-electron chi connectivity index (χ1n) is 6.67. The molecule has 0 atom stereocenters. The van der Waals surface area contributed by atoms with Crippen LogP contribution in [0.15, 0.2) is 18.3 Å². The fraction of sp³-hybridized carbons (Fsp3) is 0.571. The maximum absolute atomic E-state index is 11.9. The number of hydrogen-bond donors (Lipinski definition) is 0. The molecule has 0 saturated carbocycles. The van der Waals surface area contributed by atoms with Gasteiger partial charge in [-0.05, 0) is 33.0 Å². The van der Waals surface area contributed by atoms with Gasteiger partial charge >= 0.3 is 5.97 Å². The molecule has 104 valence electrons. The van der Waals surface area contributed by atoms with Crippen molar-refractivity contribution in [2.45, 2.75) is 20.0 Å². The highest BCUT2D eigenvalue weighted by molar-refractivity contribution is 5.90. The molecular weight excluding hydrogens is 242 g/mol. The van der Waals surface area contributed by atoms with Crippen molar-refractivity contribution >= 4 is 11.8 Å². The largest absolute Gasteiger partial charge is 0.459 e. The summed E-state index contributed by atoms with van der Waals surface area (Å²) in [6, 6.07) is 3.51. The average Bonchev–Trinajstić information content (AvgIpc) is 2.39. The van der Waals surface area contributed by atoms with Gasteiger partial charge in [0.2, 0.25) is 0 Å². The zero-order chi connectivity index (χ0) is 13.8. The topological polar surface area (TPSA) is 45.7 Å². The molecule has 0 bridgehead atoms. The van der Waals surface area contributed by atoms with E-state index in [-0.39, 0.29) is 12.1 Å². The first-order valence-corrected chi connectivity index (χ1v) is 6.67. The van der Waals surface area contributed by atoms with E-state index in [1.165, 1.54) is 0 Å². The molecule has 1 aromatic heterocycles. The number of carbonyl (C=O) groups is 1. The van der Waals surface area contributed by atoms with E-state index < -0.39 is 0 Å². The van der Waals surface area contributed by atoms with E-state index in [0.29, 0.717) is 5.56 Å². The monoisotopic (exact) mass is 263 g/mol. The highest BCUT2D eigenvalue weighted by atomic mass is 16.5. The van der Waals surface area contributed by atoms with Crippen molar-refractivity contribution in [3.8, 4) is 0 Å². The molecule has 1 aliphatic heterocycles. The molecule has 2 rings (SSSR count). The number of pyridine rings is 1. The maximum Gasteiger partial charge on any atom is 0.338 e. The number of carbonyl (C=O) groups excluding carboxylic acids is 1. The van der Waals surface area contributed by atoms with Gasteiger partial charge in [-0.15, -0.1) is 0 Å². The van der Waals surface area contributed by atoms with Crippen LogP contribution in [0.3, 0.4) is 0 Å². The Bertz CT molecular complexity index is 440. The number of anilines is 1. The van der Waals surface area contributed by atoms with Crippen LogP contribution in [0, 0.1) is 0 Å². The van der Waals surface area contributed by atoms with Crippen LogP contribution in [0.1, 0.15) is 24.2 Å². The van der Waals surface area contributed by atoms with E-state index in [1.807, 2.05) is 19.9 Å². The molecule has 1 aromatic rings. The summed E-state index contributed by atoms with van der Waals surface area (Å²) in [7, 11) is 2.11. The Hall–Kier alpha value is -1.62. The second kappa shape index (κ2) is 6.02. The lowest BCUT2D eigenvalue weighted by Gasteiger charge is -2.33. The van der Waals surface area contributed by atoms with Gasteiger partial charge in [0.15, 0.2) is 0 Å². The van der Waals surface area contributed by atoms with Crippen LogP contribution < -0.4 is 4.90 Å². The molecule has 0 amide bonds. The number of nitrogens with zero attached hydrogens (tertiary/aromatic N) is 3. The lowest BCUT2D eigenvalue weighted by Crippen LogP contribution is -2.44. The van der Waals surface area contributed by atoms with Crippen molar-refractivity contribution < 1.29 is 9.53 Å². The van der Waals surface area contributed by atoms with Crippen LogP contribution in [-0.4, -0.2) is 55.2 Å². The molecule has 0 radical (unpaired) electrons. The second-order valence-corrected chi connectivity index (χ2v) is 5.15. The minimum Gasteiger partial charge on any atom is -0.459 e. The third-order valence-corrected chi connectivity index (χ3v) is 3.15. The summed E-state index contributed by atoms with van der Waals surface area (Å²) in [5.41, 5.74) is 0.567. The van der Waals surface area contributed by atoms with E-state index in [2.05, 4.69) is 21.8 Å². The van der Waals surface area contributed by atoms with E-state index in [9.17, 15) is 4.79 Å². The van der Waals surface area contributed by atoms with Crippen molar-refractivity contribution in [3.63, 3.8) is 0 Å². The molecule has 2 heterocycles. The van der Waals surface area contributed by atoms with E-state index >= 15 is 0 Å². The molecule has 0 N–H and O–H groups in total. The summed E-state index contributed by atoms with van der Waals surface area (Å²) in [6.45, 7) is 7.60. The minimum absolute atomic E-state index is 0.104. The van der Waals surface area contributed by atoms with Crippen molar-refractivity contribution in [2.24, 2.45) is 0 Å². The summed E-state index contributed by atoms with van der Waals surface area (Å²) < 4.78 is 5.20. The van der Waals surface area contributed by atoms with Gasteiger partial charge in [-0.1, -0.05) is 0 Å². The number of likely N-dealkylation sites (N-methyl/N-ethyl adjacent to an activating group) is 1. The quantitative estimate of drug-likeness (QED) is 0.771. The van der Waals surface area contributed by atoms with Gasteiger partial charge in [0, 0.05) is 32.4 Å². The Morgan fingerprint density at radius 1 is 1.32 bits per heavy atom. The highest BCUT2D eigenvalue weighted by Crippen LogP contribution is 2.15. The Labute approximate surface area is 114 Å². The first-order chi connectivity index (χ1) is 9.06. The van der Waals surface area contributed by atoms with E-state index in [0.717, 1.165) is 32.0 Å². The third kappa shape index (κ3) is 3.67. The van der Waals surface area contributed by atoms with Crippen LogP contribution in [-0.2, 0) is 4.74 Å². The van der Waals surface area contributed by atoms with Crippen molar-refractivity contribution in [1.82, 2.24) is 9.88 Å². The first kappa shape index (κ1) is 13.8.